The van der Waals surface area contributed by atoms with Crippen LogP contribution in [0, 0.1) is 0 Å². The number of pyridine rings is 1. The molecule has 1 N–H and O–H groups in total. The highest BCUT2D eigenvalue weighted by Crippen LogP contribution is 2.37. The third-order valence-corrected chi connectivity index (χ3v) is 7.69. The number of fused-ring (bicyclic) bond motifs is 2. The molecule has 11 heteroatoms. The Labute approximate surface area is 219 Å². The van der Waals surface area contributed by atoms with Crippen LogP contribution < -0.4 is 15.1 Å². The van der Waals surface area contributed by atoms with E-state index in [1.165, 1.54) is 29.6 Å². The molecule has 0 saturated carbocycles. The second-order valence-electron chi connectivity index (χ2n) is 10.4. The zero-order chi connectivity index (χ0) is 26.3. The lowest BCUT2D eigenvalue weighted by atomic mass is 10.0. The van der Waals surface area contributed by atoms with E-state index in [4.69, 9.17) is 9.72 Å². The van der Waals surface area contributed by atoms with Crippen molar-refractivity contribution in [3.8, 4) is 0 Å². The Balaban J connectivity index is 1.12. The number of alkyl halides is 3. The lowest BCUT2D eigenvalue weighted by Crippen LogP contribution is -2.54. The van der Waals surface area contributed by atoms with E-state index in [9.17, 15) is 13.2 Å². The first-order valence-corrected chi connectivity index (χ1v) is 13.2. The summed E-state index contributed by atoms with van der Waals surface area (Å²) >= 11 is 0. The summed E-state index contributed by atoms with van der Waals surface area (Å²) in [6.07, 6.45) is 1.20. The van der Waals surface area contributed by atoms with Gasteiger partial charge >= 0.3 is 6.18 Å². The molecule has 3 aliphatic rings. The Morgan fingerprint density at radius 3 is 2.55 bits per heavy atom. The minimum atomic E-state index is -4.48. The molecule has 2 saturated heterocycles. The van der Waals surface area contributed by atoms with Gasteiger partial charge in [0.25, 0.3) is 0 Å². The van der Waals surface area contributed by atoms with E-state index < -0.39 is 11.7 Å². The molecule has 0 radical (unpaired) electrons. The Morgan fingerprint density at radius 2 is 1.76 bits per heavy atom. The Bertz CT molecular complexity index is 1300. The molecule has 8 nitrogen and oxygen atoms in total. The maximum atomic E-state index is 13.6. The van der Waals surface area contributed by atoms with Crippen molar-refractivity contribution in [2.24, 2.45) is 0 Å². The molecule has 2 atom stereocenters. The first-order chi connectivity index (χ1) is 18.3. The second-order valence-corrected chi connectivity index (χ2v) is 10.4. The van der Waals surface area contributed by atoms with Crippen molar-refractivity contribution >= 4 is 22.5 Å². The van der Waals surface area contributed by atoms with Crippen LogP contribution in [0.3, 0.4) is 0 Å². The lowest BCUT2D eigenvalue weighted by molar-refractivity contribution is -0.136. The van der Waals surface area contributed by atoms with E-state index in [1.54, 1.807) is 0 Å². The summed E-state index contributed by atoms with van der Waals surface area (Å²) in [6, 6.07) is 4.86. The van der Waals surface area contributed by atoms with Crippen LogP contribution in [0.25, 0.3) is 11.0 Å². The molecular weight excluding hydrogens is 495 g/mol. The van der Waals surface area contributed by atoms with Crippen LogP contribution in [0.5, 0.6) is 0 Å². The molecule has 5 heterocycles. The maximum absolute atomic E-state index is 13.6. The van der Waals surface area contributed by atoms with Crippen molar-refractivity contribution in [2.45, 2.75) is 38.3 Å². The third-order valence-electron chi connectivity index (χ3n) is 7.69. The molecular formula is C27H32F3N7O. The minimum absolute atomic E-state index is 0.0580. The van der Waals surface area contributed by atoms with Gasteiger partial charge in [0.2, 0.25) is 0 Å². The number of nitrogens with one attached hydrogen (secondary N) is 1. The topological polar surface area (TPSA) is 69.7 Å². The molecule has 6 rings (SSSR count). The van der Waals surface area contributed by atoms with E-state index in [2.05, 4.69) is 36.1 Å². The van der Waals surface area contributed by atoms with Crippen molar-refractivity contribution in [2.75, 3.05) is 62.2 Å². The predicted octanol–water partition coefficient (Wildman–Crippen LogP) is 3.11. The Morgan fingerprint density at radius 1 is 0.974 bits per heavy atom. The van der Waals surface area contributed by atoms with Gasteiger partial charge < -0.3 is 19.9 Å². The largest absolute Gasteiger partial charge is 0.418 e. The van der Waals surface area contributed by atoms with Crippen molar-refractivity contribution in [1.82, 2.24) is 25.2 Å². The van der Waals surface area contributed by atoms with Gasteiger partial charge in [-0.3, -0.25) is 14.9 Å². The van der Waals surface area contributed by atoms with Crippen LogP contribution in [0.1, 0.15) is 23.6 Å². The summed E-state index contributed by atoms with van der Waals surface area (Å²) in [6.45, 7) is 9.44. The van der Waals surface area contributed by atoms with Gasteiger partial charge in [0.05, 0.1) is 23.5 Å². The number of ether oxygens (including phenoxy) is 1. The fraction of sp³-hybridized carbons (Fsp3) is 0.519. The summed E-state index contributed by atoms with van der Waals surface area (Å²) < 4.78 is 47.0. The first-order valence-electron chi connectivity index (χ1n) is 13.2. The number of morpholine rings is 1. The predicted molar refractivity (Wildman–Crippen MR) is 139 cm³/mol. The highest BCUT2D eigenvalue weighted by molar-refractivity contribution is 5.90. The first kappa shape index (κ1) is 25.3. The molecule has 2 unspecified atom stereocenters. The van der Waals surface area contributed by atoms with Gasteiger partial charge in [0, 0.05) is 70.9 Å². The van der Waals surface area contributed by atoms with E-state index in [1.807, 2.05) is 13.1 Å². The highest BCUT2D eigenvalue weighted by atomic mass is 19.4. The molecule has 3 aliphatic heterocycles. The number of anilines is 2. The number of nitrogens with zero attached hydrogens (tertiary/aromatic N) is 6. The fourth-order valence-electron chi connectivity index (χ4n) is 5.84. The van der Waals surface area contributed by atoms with Crippen LogP contribution in [0.4, 0.5) is 24.7 Å². The van der Waals surface area contributed by atoms with E-state index in [0.29, 0.717) is 18.8 Å². The van der Waals surface area contributed by atoms with E-state index in [0.717, 1.165) is 64.1 Å². The average Bonchev–Trinajstić information content (AvgIpc) is 2.91. The van der Waals surface area contributed by atoms with Crippen LogP contribution in [-0.2, 0) is 23.9 Å². The zero-order valence-electron chi connectivity index (χ0n) is 21.4. The van der Waals surface area contributed by atoms with Crippen LogP contribution in [0.15, 0.2) is 36.8 Å². The SMILES string of the molecule is CC1CN(c2ccc(C(F)(F)F)c3nccnc23)CC(CN2CCN(c3cc4c(cn3)CCNC4)CC2)O1. The molecule has 0 bridgehead atoms. The lowest BCUT2D eigenvalue weighted by Gasteiger charge is -2.42. The molecule has 2 fully saturated rings. The summed E-state index contributed by atoms with van der Waals surface area (Å²) in [5, 5.41) is 3.43. The van der Waals surface area contributed by atoms with Crippen LogP contribution in [0.2, 0.25) is 0 Å². The van der Waals surface area contributed by atoms with Gasteiger partial charge in [-0.1, -0.05) is 0 Å². The Kier molecular flexibility index (Phi) is 6.83. The van der Waals surface area contributed by atoms with Crippen LogP contribution >= 0.6 is 0 Å². The van der Waals surface area contributed by atoms with Crippen molar-refractivity contribution < 1.29 is 17.9 Å². The summed E-state index contributed by atoms with van der Waals surface area (Å²) in [7, 11) is 0. The van der Waals surface area contributed by atoms with Crippen molar-refractivity contribution in [3.05, 3.63) is 53.5 Å². The van der Waals surface area contributed by atoms with Gasteiger partial charge in [-0.15, -0.1) is 0 Å². The van der Waals surface area contributed by atoms with Crippen molar-refractivity contribution in [3.63, 3.8) is 0 Å². The number of benzene rings is 1. The van der Waals surface area contributed by atoms with E-state index >= 15 is 0 Å². The molecule has 3 aromatic rings. The van der Waals surface area contributed by atoms with Gasteiger partial charge in [0.1, 0.15) is 16.9 Å². The molecule has 0 spiro atoms. The van der Waals surface area contributed by atoms with Gasteiger partial charge in [-0.25, -0.2) is 4.98 Å². The van der Waals surface area contributed by atoms with Crippen molar-refractivity contribution in [1.29, 1.82) is 0 Å². The summed E-state index contributed by atoms with van der Waals surface area (Å²) in [5.41, 5.74) is 2.75. The monoisotopic (exact) mass is 527 g/mol. The third kappa shape index (κ3) is 5.14. The quantitative estimate of drug-likeness (QED) is 0.555. The molecule has 1 aromatic carbocycles. The normalized spacial score (nSPS) is 23.1. The van der Waals surface area contributed by atoms with Crippen LogP contribution in [-0.4, -0.2) is 84.4 Å². The van der Waals surface area contributed by atoms with Gasteiger partial charge in [0.15, 0.2) is 0 Å². The minimum Gasteiger partial charge on any atom is -0.370 e. The molecule has 0 amide bonds. The molecule has 38 heavy (non-hydrogen) atoms. The fourth-order valence-corrected chi connectivity index (χ4v) is 5.84. The second kappa shape index (κ2) is 10.3. The molecule has 0 aliphatic carbocycles. The summed E-state index contributed by atoms with van der Waals surface area (Å²) in [5.74, 6) is 1.04. The van der Waals surface area contributed by atoms with Gasteiger partial charge in [-0.2, -0.15) is 13.2 Å². The average molecular weight is 528 g/mol. The number of hydrogen-bond donors (Lipinski definition) is 1. The standard InChI is InChI=1S/C27H32F3N7O/c1-18-15-37(23-3-2-22(27(28,29)30)25-26(23)33-7-6-32-25)17-21(38-18)16-35-8-10-36(11-9-35)24-12-20-13-31-5-4-19(20)14-34-24/h2-3,6-7,12,14,18,21,31H,4-5,8-11,13,15-17H2,1H3. The Hall–Kier alpha value is -3.02. The number of piperazine rings is 1. The molecule has 202 valence electrons. The van der Waals surface area contributed by atoms with Gasteiger partial charge in [-0.05, 0) is 49.2 Å². The number of halogens is 3. The molecule has 2 aromatic heterocycles. The maximum Gasteiger partial charge on any atom is 0.418 e. The summed E-state index contributed by atoms with van der Waals surface area (Å²) in [4.78, 5) is 19.9. The number of aromatic nitrogens is 3. The van der Waals surface area contributed by atoms with E-state index in [-0.39, 0.29) is 23.2 Å². The smallest absolute Gasteiger partial charge is 0.370 e. The zero-order valence-corrected chi connectivity index (χ0v) is 21.4. The highest BCUT2D eigenvalue weighted by Gasteiger charge is 2.35. The number of hydrogen-bond acceptors (Lipinski definition) is 8. The number of rotatable bonds is 4.